The summed E-state index contributed by atoms with van der Waals surface area (Å²) >= 11 is 0. The zero-order valence-electron chi connectivity index (χ0n) is 13.6. The maximum absolute atomic E-state index is 12.5. The summed E-state index contributed by atoms with van der Waals surface area (Å²) in [4.78, 5) is 12.6. The summed E-state index contributed by atoms with van der Waals surface area (Å²) in [6.45, 7) is 2.27. The molecule has 0 saturated carbocycles. The summed E-state index contributed by atoms with van der Waals surface area (Å²) in [6.07, 6.45) is 2.36. The van der Waals surface area contributed by atoms with Crippen LogP contribution in [0.2, 0.25) is 0 Å². The molecule has 7 nitrogen and oxygen atoms in total. The van der Waals surface area contributed by atoms with Crippen molar-refractivity contribution in [1.82, 2.24) is 14.9 Å². The summed E-state index contributed by atoms with van der Waals surface area (Å²) < 4.78 is 26.6. The Hall–Kier alpha value is -2.71. The minimum absolute atomic E-state index is 0.162. The van der Waals surface area contributed by atoms with E-state index < -0.39 is 10.0 Å². The second kappa shape index (κ2) is 7.04. The predicted molar refractivity (Wildman–Crippen MR) is 96.0 cm³/mol. The van der Waals surface area contributed by atoms with Crippen LogP contribution < -0.4 is 10.0 Å². The molecule has 3 aromatic rings. The van der Waals surface area contributed by atoms with Crippen LogP contribution in [0.15, 0.2) is 53.6 Å². The van der Waals surface area contributed by atoms with E-state index in [4.69, 9.17) is 0 Å². The largest absolute Gasteiger partial charge is 0.322 e. The number of fused-ring (bicyclic) bond motifs is 1. The van der Waals surface area contributed by atoms with Gasteiger partial charge in [-0.3, -0.25) is 9.89 Å². The maximum atomic E-state index is 12.5. The Kier molecular flexibility index (Phi) is 4.82. The number of hydrogen-bond donors (Lipinski definition) is 3. The first kappa shape index (κ1) is 17.1. The molecular weight excluding hydrogens is 340 g/mol. The number of para-hydroxylation sites is 1. The molecule has 1 amide bonds. The predicted octanol–water partition coefficient (Wildman–Crippen LogP) is 2.50. The van der Waals surface area contributed by atoms with Crippen LogP contribution in [0.25, 0.3) is 10.9 Å². The highest BCUT2D eigenvalue weighted by Crippen LogP contribution is 2.19. The van der Waals surface area contributed by atoms with Gasteiger partial charge in [0.25, 0.3) is 5.91 Å². The average molecular weight is 358 g/mol. The first-order valence-corrected chi connectivity index (χ1v) is 9.33. The minimum atomic E-state index is -3.52. The second-order valence-electron chi connectivity index (χ2n) is 5.52. The van der Waals surface area contributed by atoms with Crippen molar-refractivity contribution in [3.8, 4) is 0 Å². The van der Waals surface area contributed by atoms with Crippen LogP contribution in [-0.2, 0) is 10.0 Å². The van der Waals surface area contributed by atoms with Gasteiger partial charge in [0.05, 0.1) is 22.2 Å². The number of hydrogen-bond acceptors (Lipinski definition) is 4. The van der Waals surface area contributed by atoms with Crippen LogP contribution in [0.3, 0.4) is 0 Å². The number of rotatable bonds is 6. The highest BCUT2D eigenvalue weighted by atomic mass is 32.2. The van der Waals surface area contributed by atoms with Crippen molar-refractivity contribution in [2.75, 3.05) is 11.9 Å². The van der Waals surface area contributed by atoms with E-state index in [0.29, 0.717) is 29.7 Å². The van der Waals surface area contributed by atoms with E-state index in [1.807, 2.05) is 13.0 Å². The van der Waals surface area contributed by atoms with Gasteiger partial charge in [-0.25, -0.2) is 13.1 Å². The standard InChI is InChI=1S/C17H18N4O3S/c1-2-10-19-25(23,24)14-8-6-13(7-9-14)20-17(22)15-5-3-4-12-11-18-21-16(12)15/h3-9,11,19H,2,10H2,1H3,(H,18,21)(H,20,22). The highest BCUT2D eigenvalue weighted by molar-refractivity contribution is 7.89. The number of benzene rings is 2. The van der Waals surface area contributed by atoms with Crippen molar-refractivity contribution in [1.29, 1.82) is 0 Å². The number of nitrogens with one attached hydrogen (secondary N) is 3. The van der Waals surface area contributed by atoms with Crippen molar-refractivity contribution >= 4 is 32.5 Å². The number of amides is 1. The fourth-order valence-electron chi connectivity index (χ4n) is 2.39. The van der Waals surface area contributed by atoms with Crippen molar-refractivity contribution in [3.05, 3.63) is 54.2 Å². The molecule has 0 atom stereocenters. The molecule has 3 rings (SSSR count). The molecule has 2 aromatic carbocycles. The molecule has 8 heteroatoms. The quantitative estimate of drug-likeness (QED) is 0.630. The summed E-state index contributed by atoms with van der Waals surface area (Å²) in [7, 11) is -3.52. The van der Waals surface area contributed by atoms with Crippen molar-refractivity contribution in [3.63, 3.8) is 0 Å². The van der Waals surface area contributed by atoms with Crippen molar-refractivity contribution in [2.24, 2.45) is 0 Å². The first-order chi connectivity index (χ1) is 12.0. The van der Waals surface area contributed by atoms with Gasteiger partial charge in [-0.05, 0) is 36.8 Å². The van der Waals surface area contributed by atoms with Crippen molar-refractivity contribution in [2.45, 2.75) is 18.2 Å². The average Bonchev–Trinajstić information content (AvgIpc) is 3.09. The molecule has 0 aliphatic heterocycles. The number of anilines is 1. The number of sulfonamides is 1. The van der Waals surface area contributed by atoms with Gasteiger partial charge in [0.1, 0.15) is 0 Å². The fraction of sp³-hybridized carbons (Fsp3) is 0.176. The highest BCUT2D eigenvalue weighted by Gasteiger charge is 2.14. The van der Waals surface area contributed by atoms with Crippen LogP contribution in [0, 0.1) is 0 Å². The van der Waals surface area contributed by atoms with Crippen LogP contribution in [-0.4, -0.2) is 31.1 Å². The molecule has 3 N–H and O–H groups in total. The van der Waals surface area contributed by atoms with E-state index in [9.17, 15) is 13.2 Å². The number of aromatic nitrogens is 2. The Labute approximate surface area is 145 Å². The molecule has 0 bridgehead atoms. The van der Waals surface area contributed by atoms with Gasteiger partial charge in [0, 0.05) is 17.6 Å². The maximum Gasteiger partial charge on any atom is 0.257 e. The lowest BCUT2D eigenvalue weighted by Crippen LogP contribution is -2.24. The molecule has 0 unspecified atom stereocenters. The number of H-pyrrole nitrogens is 1. The Balaban J connectivity index is 1.77. The third-order valence-corrected chi connectivity index (χ3v) is 5.16. The minimum Gasteiger partial charge on any atom is -0.322 e. The first-order valence-electron chi connectivity index (χ1n) is 7.84. The lowest BCUT2D eigenvalue weighted by molar-refractivity contribution is 0.102. The number of carbonyl (C=O) groups excluding carboxylic acids is 1. The molecule has 130 valence electrons. The fourth-order valence-corrected chi connectivity index (χ4v) is 3.53. The molecule has 0 radical (unpaired) electrons. The molecule has 0 aliphatic rings. The molecule has 0 spiro atoms. The molecule has 0 saturated heterocycles. The summed E-state index contributed by atoms with van der Waals surface area (Å²) in [5, 5.41) is 10.3. The van der Waals surface area contributed by atoms with Gasteiger partial charge in [-0.1, -0.05) is 19.1 Å². The Bertz CT molecular complexity index is 994. The monoisotopic (exact) mass is 358 g/mol. The van der Waals surface area contributed by atoms with Gasteiger partial charge < -0.3 is 5.32 Å². The van der Waals surface area contributed by atoms with E-state index in [1.54, 1.807) is 30.5 Å². The van der Waals surface area contributed by atoms with Crippen LogP contribution in [0.5, 0.6) is 0 Å². The van der Waals surface area contributed by atoms with Gasteiger partial charge in [-0.2, -0.15) is 5.10 Å². The van der Waals surface area contributed by atoms with E-state index in [-0.39, 0.29) is 10.8 Å². The topological polar surface area (TPSA) is 104 Å². The third-order valence-electron chi connectivity index (χ3n) is 3.69. The van der Waals surface area contributed by atoms with E-state index in [0.717, 1.165) is 5.39 Å². The molecular formula is C17H18N4O3S. The number of carbonyl (C=O) groups is 1. The van der Waals surface area contributed by atoms with E-state index in [1.165, 1.54) is 12.1 Å². The lowest BCUT2D eigenvalue weighted by atomic mass is 10.1. The van der Waals surface area contributed by atoms with Crippen LogP contribution in [0.1, 0.15) is 23.7 Å². The smallest absolute Gasteiger partial charge is 0.257 e. The molecule has 25 heavy (non-hydrogen) atoms. The van der Waals surface area contributed by atoms with Gasteiger partial charge in [0.2, 0.25) is 10.0 Å². The number of aromatic amines is 1. The van der Waals surface area contributed by atoms with E-state index in [2.05, 4.69) is 20.2 Å². The molecule has 1 aromatic heterocycles. The third kappa shape index (κ3) is 3.70. The molecule has 1 heterocycles. The summed E-state index contributed by atoms with van der Waals surface area (Å²) in [5.74, 6) is -0.297. The Morgan fingerprint density at radius 2 is 1.92 bits per heavy atom. The molecule has 0 aliphatic carbocycles. The van der Waals surface area contributed by atoms with E-state index >= 15 is 0 Å². The van der Waals surface area contributed by atoms with Gasteiger partial charge >= 0.3 is 0 Å². The second-order valence-corrected chi connectivity index (χ2v) is 7.28. The Morgan fingerprint density at radius 1 is 1.16 bits per heavy atom. The number of nitrogens with zero attached hydrogens (tertiary/aromatic N) is 1. The van der Waals surface area contributed by atoms with Crippen LogP contribution >= 0.6 is 0 Å². The summed E-state index contributed by atoms with van der Waals surface area (Å²) in [5.41, 5.74) is 1.63. The Morgan fingerprint density at radius 3 is 2.64 bits per heavy atom. The lowest BCUT2D eigenvalue weighted by Gasteiger charge is -2.08. The molecule has 0 fully saturated rings. The van der Waals surface area contributed by atoms with Gasteiger partial charge in [0.15, 0.2) is 0 Å². The van der Waals surface area contributed by atoms with Crippen LogP contribution in [0.4, 0.5) is 5.69 Å². The van der Waals surface area contributed by atoms with Gasteiger partial charge in [-0.15, -0.1) is 0 Å². The SMILES string of the molecule is CCCNS(=O)(=O)c1ccc(NC(=O)c2cccc3cn[nH]c23)cc1. The zero-order valence-corrected chi connectivity index (χ0v) is 14.4. The normalized spacial score (nSPS) is 11.6. The summed E-state index contributed by atoms with van der Waals surface area (Å²) in [6, 6.07) is 11.4. The van der Waals surface area contributed by atoms with Crippen molar-refractivity contribution < 1.29 is 13.2 Å². The zero-order chi connectivity index (χ0) is 17.9.